The maximum atomic E-state index is 12.8. The lowest BCUT2D eigenvalue weighted by Crippen LogP contribution is -2.21. The van der Waals surface area contributed by atoms with Crippen LogP contribution < -0.4 is 11.5 Å². The molecule has 5 heteroatoms. The maximum Gasteiger partial charge on any atom is 0.211 e. The van der Waals surface area contributed by atoms with Crippen LogP contribution in [0.5, 0.6) is 0 Å². The van der Waals surface area contributed by atoms with Crippen LogP contribution in [0, 0.1) is 12.7 Å². The highest BCUT2D eigenvalue weighted by molar-refractivity contribution is 5.83. The van der Waals surface area contributed by atoms with Crippen molar-refractivity contribution in [3.05, 3.63) is 35.1 Å². The van der Waals surface area contributed by atoms with E-state index in [1.54, 1.807) is 6.07 Å². The molecule has 0 bridgehead atoms. The number of guanidine groups is 1. The minimum Gasteiger partial charge on any atom is -0.369 e. The van der Waals surface area contributed by atoms with E-state index in [4.69, 9.17) is 11.5 Å². The Morgan fingerprint density at radius 1 is 1.43 bits per heavy atom. The molecule has 0 unspecified atom stereocenters. The first-order valence-electron chi connectivity index (χ1n) is 3.97. The first kappa shape index (κ1) is 10.2. The summed E-state index contributed by atoms with van der Waals surface area (Å²) in [5.74, 6) is -0.447. The van der Waals surface area contributed by atoms with Crippen LogP contribution in [0.4, 0.5) is 4.39 Å². The Morgan fingerprint density at radius 2 is 2.14 bits per heavy atom. The van der Waals surface area contributed by atoms with Gasteiger partial charge in [-0.25, -0.2) is 4.39 Å². The topological polar surface area (TPSA) is 76.8 Å². The molecule has 0 spiro atoms. The van der Waals surface area contributed by atoms with Gasteiger partial charge in [-0.15, -0.1) is 5.10 Å². The quantitative estimate of drug-likeness (QED) is 0.414. The van der Waals surface area contributed by atoms with E-state index in [9.17, 15) is 4.39 Å². The van der Waals surface area contributed by atoms with Crippen LogP contribution in [-0.4, -0.2) is 12.2 Å². The fraction of sp³-hybridized carbons (Fsp3) is 0.111. The van der Waals surface area contributed by atoms with Gasteiger partial charge in [0.25, 0.3) is 0 Å². The molecule has 0 atom stereocenters. The van der Waals surface area contributed by atoms with E-state index in [0.717, 1.165) is 5.56 Å². The third-order valence-electron chi connectivity index (χ3n) is 1.61. The number of rotatable bonds is 2. The molecule has 74 valence electrons. The Labute approximate surface area is 81.1 Å². The Kier molecular flexibility index (Phi) is 3.17. The first-order chi connectivity index (χ1) is 6.59. The summed E-state index contributed by atoms with van der Waals surface area (Å²) >= 11 is 0. The molecule has 0 radical (unpaired) electrons. The standard InChI is InChI=1S/C9H11FN4/c1-6-2-3-8(10)4-7(6)5-13-14-9(11)12/h2-5H,1H3,(H4,11,12,14)/b13-5+. The van der Waals surface area contributed by atoms with Crippen LogP contribution in [0.15, 0.2) is 28.4 Å². The van der Waals surface area contributed by atoms with Crippen LogP contribution >= 0.6 is 0 Å². The Balaban J connectivity index is 2.91. The van der Waals surface area contributed by atoms with Crippen molar-refractivity contribution in [2.75, 3.05) is 0 Å². The van der Waals surface area contributed by atoms with E-state index in [2.05, 4.69) is 10.2 Å². The van der Waals surface area contributed by atoms with E-state index in [0.29, 0.717) is 5.56 Å². The minimum absolute atomic E-state index is 0.129. The second-order valence-corrected chi connectivity index (χ2v) is 2.77. The molecule has 0 aliphatic carbocycles. The van der Waals surface area contributed by atoms with E-state index >= 15 is 0 Å². The average Bonchev–Trinajstić information content (AvgIpc) is 2.10. The van der Waals surface area contributed by atoms with Crippen molar-refractivity contribution in [2.24, 2.45) is 21.7 Å². The van der Waals surface area contributed by atoms with Crippen molar-refractivity contribution >= 4 is 12.2 Å². The Morgan fingerprint density at radius 3 is 2.79 bits per heavy atom. The normalized spacial score (nSPS) is 10.4. The van der Waals surface area contributed by atoms with Gasteiger partial charge in [0.2, 0.25) is 5.96 Å². The van der Waals surface area contributed by atoms with Gasteiger partial charge in [-0.2, -0.15) is 5.10 Å². The van der Waals surface area contributed by atoms with Crippen molar-refractivity contribution in [1.82, 2.24) is 0 Å². The van der Waals surface area contributed by atoms with E-state index in [1.807, 2.05) is 6.92 Å². The third-order valence-corrected chi connectivity index (χ3v) is 1.61. The molecule has 4 N–H and O–H groups in total. The molecule has 1 aromatic rings. The maximum absolute atomic E-state index is 12.8. The lowest BCUT2D eigenvalue weighted by molar-refractivity contribution is 0.627. The van der Waals surface area contributed by atoms with Crippen molar-refractivity contribution in [2.45, 2.75) is 6.92 Å². The monoisotopic (exact) mass is 194 g/mol. The number of nitrogens with two attached hydrogens (primary N) is 2. The van der Waals surface area contributed by atoms with Gasteiger partial charge in [0.1, 0.15) is 5.82 Å². The molecule has 0 aromatic heterocycles. The smallest absolute Gasteiger partial charge is 0.211 e. The van der Waals surface area contributed by atoms with Gasteiger partial charge in [-0.1, -0.05) is 6.07 Å². The molecule has 4 nitrogen and oxygen atoms in total. The highest BCUT2D eigenvalue weighted by Gasteiger charge is 1.96. The predicted molar refractivity (Wildman–Crippen MR) is 54.5 cm³/mol. The summed E-state index contributed by atoms with van der Waals surface area (Å²) in [7, 11) is 0. The highest BCUT2D eigenvalue weighted by atomic mass is 19.1. The molecule has 0 heterocycles. The number of benzene rings is 1. The average molecular weight is 194 g/mol. The van der Waals surface area contributed by atoms with E-state index in [1.165, 1.54) is 18.3 Å². The molecule has 0 amide bonds. The van der Waals surface area contributed by atoms with Crippen molar-refractivity contribution < 1.29 is 4.39 Å². The lowest BCUT2D eigenvalue weighted by Gasteiger charge is -1.97. The van der Waals surface area contributed by atoms with Crippen molar-refractivity contribution in [1.29, 1.82) is 0 Å². The van der Waals surface area contributed by atoms with Gasteiger partial charge in [0.15, 0.2) is 0 Å². The van der Waals surface area contributed by atoms with Crippen LogP contribution in [-0.2, 0) is 0 Å². The molecule has 14 heavy (non-hydrogen) atoms. The predicted octanol–water partition coefficient (Wildman–Crippen LogP) is 0.741. The molecule has 0 saturated carbocycles. The number of aryl methyl sites for hydroxylation is 1. The van der Waals surface area contributed by atoms with Crippen molar-refractivity contribution in [3.8, 4) is 0 Å². The van der Waals surface area contributed by atoms with Crippen LogP contribution in [0.1, 0.15) is 11.1 Å². The SMILES string of the molecule is Cc1ccc(F)cc1/C=N/N=C(N)N. The summed E-state index contributed by atoms with van der Waals surface area (Å²) in [5.41, 5.74) is 11.7. The summed E-state index contributed by atoms with van der Waals surface area (Å²) in [6.45, 7) is 1.84. The second kappa shape index (κ2) is 4.36. The number of hydrogen-bond donors (Lipinski definition) is 2. The number of halogens is 1. The Hall–Kier alpha value is -1.91. The van der Waals surface area contributed by atoms with E-state index < -0.39 is 0 Å². The Bertz CT molecular complexity index is 380. The first-order valence-corrected chi connectivity index (χ1v) is 3.97. The molecule has 0 fully saturated rings. The summed E-state index contributed by atoms with van der Waals surface area (Å²) in [6.07, 6.45) is 1.40. The second-order valence-electron chi connectivity index (χ2n) is 2.77. The molecule has 1 rings (SSSR count). The van der Waals surface area contributed by atoms with Crippen LogP contribution in [0.3, 0.4) is 0 Å². The molecular formula is C9H11FN4. The summed E-state index contributed by atoms with van der Waals surface area (Å²) in [5, 5.41) is 7.00. The summed E-state index contributed by atoms with van der Waals surface area (Å²) in [6, 6.07) is 4.40. The summed E-state index contributed by atoms with van der Waals surface area (Å²) < 4.78 is 12.8. The zero-order valence-electron chi connectivity index (χ0n) is 7.74. The largest absolute Gasteiger partial charge is 0.369 e. The fourth-order valence-corrected chi connectivity index (χ4v) is 0.908. The van der Waals surface area contributed by atoms with Crippen molar-refractivity contribution in [3.63, 3.8) is 0 Å². The number of nitrogens with zero attached hydrogens (tertiary/aromatic N) is 2. The van der Waals surface area contributed by atoms with Gasteiger partial charge in [0, 0.05) is 5.56 Å². The van der Waals surface area contributed by atoms with Crippen LogP contribution in [0.2, 0.25) is 0 Å². The van der Waals surface area contributed by atoms with Gasteiger partial charge in [-0.05, 0) is 24.6 Å². The van der Waals surface area contributed by atoms with Gasteiger partial charge < -0.3 is 11.5 Å². The zero-order chi connectivity index (χ0) is 10.6. The van der Waals surface area contributed by atoms with E-state index in [-0.39, 0.29) is 11.8 Å². The molecule has 0 saturated heterocycles. The molecule has 1 aromatic carbocycles. The summed E-state index contributed by atoms with van der Waals surface area (Å²) in [4.78, 5) is 0. The molecular weight excluding hydrogens is 183 g/mol. The minimum atomic E-state index is -0.318. The van der Waals surface area contributed by atoms with Gasteiger partial charge >= 0.3 is 0 Å². The van der Waals surface area contributed by atoms with Gasteiger partial charge in [-0.3, -0.25) is 0 Å². The highest BCUT2D eigenvalue weighted by Crippen LogP contribution is 2.07. The zero-order valence-corrected chi connectivity index (χ0v) is 7.74. The molecule has 0 aliphatic heterocycles. The third kappa shape index (κ3) is 2.85. The van der Waals surface area contributed by atoms with Gasteiger partial charge in [0.05, 0.1) is 6.21 Å². The van der Waals surface area contributed by atoms with Crippen LogP contribution in [0.25, 0.3) is 0 Å². The lowest BCUT2D eigenvalue weighted by atomic mass is 10.1. The number of hydrogen-bond acceptors (Lipinski definition) is 2. The molecule has 0 aliphatic rings. The fourth-order valence-electron chi connectivity index (χ4n) is 0.908.